The van der Waals surface area contributed by atoms with E-state index in [4.69, 9.17) is 16.9 Å². The highest BCUT2D eigenvalue weighted by molar-refractivity contribution is 6.30. The monoisotopic (exact) mass is 223 g/mol. The van der Waals surface area contributed by atoms with Crippen molar-refractivity contribution < 1.29 is 0 Å². The van der Waals surface area contributed by atoms with Crippen LogP contribution in [-0.4, -0.2) is 35.3 Å². The largest absolute Gasteiger partial charge is 0.369 e. The molecule has 0 saturated heterocycles. The molecule has 0 saturated carbocycles. The molecule has 0 unspecified atom stereocenters. The van der Waals surface area contributed by atoms with Crippen LogP contribution in [0.5, 0.6) is 0 Å². The molecular formula is C9H10ClN5. The van der Waals surface area contributed by atoms with Crippen LogP contribution in [0, 0.1) is 18.3 Å². The van der Waals surface area contributed by atoms with Crippen LogP contribution in [-0.2, 0) is 0 Å². The van der Waals surface area contributed by atoms with E-state index in [0.29, 0.717) is 5.69 Å². The Hall–Kier alpha value is -1.67. The molecule has 1 rings (SSSR count). The molecular weight excluding hydrogens is 214 g/mol. The zero-order valence-electron chi connectivity index (χ0n) is 8.69. The first kappa shape index (κ1) is 11.4. The predicted molar refractivity (Wildman–Crippen MR) is 58.3 cm³/mol. The molecule has 1 aromatic heterocycles. The molecule has 0 aliphatic rings. The molecule has 0 bridgehead atoms. The Bertz CT molecular complexity index is 433. The maximum atomic E-state index is 8.82. The Kier molecular flexibility index (Phi) is 3.58. The van der Waals surface area contributed by atoms with Crippen LogP contribution in [0.4, 0.5) is 5.82 Å². The SMILES string of the molecule is Cc1nc(C#N)c(N=CN(C)C)nc1Cl. The van der Waals surface area contributed by atoms with Crippen LogP contribution < -0.4 is 0 Å². The number of aromatic nitrogens is 2. The van der Waals surface area contributed by atoms with Gasteiger partial charge in [-0.3, -0.25) is 0 Å². The minimum atomic E-state index is 0.176. The van der Waals surface area contributed by atoms with Gasteiger partial charge in [0.25, 0.3) is 0 Å². The first-order chi connectivity index (χ1) is 7.04. The zero-order chi connectivity index (χ0) is 11.4. The molecule has 0 aromatic carbocycles. The third kappa shape index (κ3) is 2.89. The summed E-state index contributed by atoms with van der Waals surface area (Å²) in [6.45, 7) is 1.69. The Balaban J connectivity index is 3.18. The van der Waals surface area contributed by atoms with Gasteiger partial charge in [-0.25, -0.2) is 15.0 Å². The number of rotatable bonds is 2. The molecule has 0 N–H and O–H groups in total. The smallest absolute Gasteiger partial charge is 0.192 e. The van der Waals surface area contributed by atoms with Crippen molar-refractivity contribution in [2.75, 3.05) is 14.1 Å². The van der Waals surface area contributed by atoms with E-state index in [-0.39, 0.29) is 16.7 Å². The highest BCUT2D eigenvalue weighted by Gasteiger charge is 2.07. The van der Waals surface area contributed by atoms with Gasteiger partial charge in [-0.15, -0.1) is 0 Å². The number of halogens is 1. The lowest BCUT2D eigenvalue weighted by Crippen LogP contribution is -2.07. The van der Waals surface area contributed by atoms with E-state index in [9.17, 15) is 0 Å². The quantitative estimate of drug-likeness (QED) is 0.563. The second kappa shape index (κ2) is 4.71. The predicted octanol–water partition coefficient (Wildman–Crippen LogP) is 1.53. The summed E-state index contributed by atoms with van der Waals surface area (Å²) < 4.78 is 0. The maximum absolute atomic E-state index is 8.82. The van der Waals surface area contributed by atoms with E-state index in [1.165, 1.54) is 6.34 Å². The fourth-order valence-electron chi connectivity index (χ4n) is 0.826. The van der Waals surface area contributed by atoms with Crippen molar-refractivity contribution in [3.63, 3.8) is 0 Å². The van der Waals surface area contributed by atoms with E-state index in [0.717, 1.165) is 0 Å². The fourth-order valence-corrected chi connectivity index (χ4v) is 0.948. The van der Waals surface area contributed by atoms with Gasteiger partial charge in [0.1, 0.15) is 6.07 Å². The van der Waals surface area contributed by atoms with Crippen LogP contribution >= 0.6 is 11.6 Å². The topological polar surface area (TPSA) is 65.2 Å². The molecule has 6 heteroatoms. The molecule has 0 amide bonds. The minimum absolute atomic E-state index is 0.176. The fraction of sp³-hybridized carbons (Fsp3) is 0.333. The van der Waals surface area contributed by atoms with Gasteiger partial charge in [0, 0.05) is 14.1 Å². The molecule has 1 heterocycles. The number of hydrogen-bond acceptors (Lipinski definition) is 4. The molecule has 78 valence electrons. The van der Waals surface area contributed by atoms with Crippen molar-refractivity contribution in [3.05, 3.63) is 16.5 Å². The highest BCUT2D eigenvalue weighted by atomic mass is 35.5. The second-order valence-corrected chi connectivity index (χ2v) is 3.45. The highest BCUT2D eigenvalue weighted by Crippen LogP contribution is 2.18. The maximum Gasteiger partial charge on any atom is 0.192 e. The summed E-state index contributed by atoms with van der Waals surface area (Å²) in [4.78, 5) is 13.7. The Morgan fingerprint density at radius 3 is 2.67 bits per heavy atom. The Morgan fingerprint density at radius 1 is 1.47 bits per heavy atom. The van der Waals surface area contributed by atoms with E-state index in [1.54, 1.807) is 11.8 Å². The van der Waals surface area contributed by atoms with Crippen molar-refractivity contribution in [1.82, 2.24) is 14.9 Å². The van der Waals surface area contributed by atoms with Crippen LogP contribution in [0.15, 0.2) is 4.99 Å². The Morgan fingerprint density at radius 2 is 2.13 bits per heavy atom. The van der Waals surface area contributed by atoms with Crippen molar-refractivity contribution >= 4 is 23.8 Å². The number of aliphatic imine (C=N–C) groups is 1. The normalized spacial score (nSPS) is 10.3. The van der Waals surface area contributed by atoms with Crippen LogP contribution in [0.2, 0.25) is 5.15 Å². The standard InChI is InChI=1S/C9H10ClN5/c1-6-8(10)14-9(7(4-11)13-6)12-5-15(2)3/h5H,1-3H3. The number of aryl methyl sites for hydroxylation is 1. The summed E-state index contributed by atoms with van der Waals surface area (Å²) in [5.74, 6) is 0.238. The molecule has 1 aromatic rings. The van der Waals surface area contributed by atoms with Gasteiger partial charge in [-0.2, -0.15) is 5.26 Å². The van der Waals surface area contributed by atoms with Gasteiger partial charge < -0.3 is 4.90 Å². The average molecular weight is 224 g/mol. The van der Waals surface area contributed by atoms with Gasteiger partial charge in [0.15, 0.2) is 16.7 Å². The third-order valence-corrected chi connectivity index (χ3v) is 1.87. The summed E-state index contributed by atoms with van der Waals surface area (Å²) >= 11 is 5.79. The van der Waals surface area contributed by atoms with E-state index in [2.05, 4.69) is 15.0 Å². The average Bonchev–Trinajstić information content (AvgIpc) is 2.19. The summed E-state index contributed by atoms with van der Waals surface area (Å²) in [5, 5.41) is 9.08. The molecule has 0 radical (unpaired) electrons. The first-order valence-corrected chi connectivity index (χ1v) is 4.57. The lowest BCUT2D eigenvalue weighted by Gasteiger charge is -2.03. The number of hydrogen-bond donors (Lipinski definition) is 0. The molecule has 15 heavy (non-hydrogen) atoms. The molecule has 0 atom stereocenters. The summed E-state index contributed by atoms with van der Waals surface area (Å²) in [7, 11) is 3.64. The van der Waals surface area contributed by atoms with E-state index >= 15 is 0 Å². The zero-order valence-corrected chi connectivity index (χ0v) is 9.45. The van der Waals surface area contributed by atoms with Gasteiger partial charge in [-0.05, 0) is 6.92 Å². The second-order valence-electron chi connectivity index (χ2n) is 3.09. The van der Waals surface area contributed by atoms with Gasteiger partial charge in [-0.1, -0.05) is 11.6 Å². The van der Waals surface area contributed by atoms with Crippen LogP contribution in [0.25, 0.3) is 0 Å². The lowest BCUT2D eigenvalue weighted by molar-refractivity contribution is 0.643. The van der Waals surface area contributed by atoms with Crippen LogP contribution in [0.1, 0.15) is 11.4 Å². The molecule has 0 aliphatic carbocycles. The van der Waals surface area contributed by atoms with Crippen LogP contribution in [0.3, 0.4) is 0 Å². The molecule has 5 nitrogen and oxygen atoms in total. The van der Waals surface area contributed by atoms with Gasteiger partial charge >= 0.3 is 0 Å². The van der Waals surface area contributed by atoms with Crippen molar-refractivity contribution in [1.29, 1.82) is 5.26 Å². The number of nitriles is 1. The Labute approximate surface area is 93.0 Å². The summed E-state index contributed by atoms with van der Waals surface area (Å²) in [6.07, 6.45) is 1.54. The summed E-state index contributed by atoms with van der Waals surface area (Å²) in [5.41, 5.74) is 0.701. The lowest BCUT2D eigenvalue weighted by atomic mass is 10.4. The molecule has 0 aliphatic heterocycles. The van der Waals surface area contributed by atoms with Crippen molar-refractivity contribution in [3.8, 4) is 6.07 Å². The third-order valence-electron chi connectivity index (χ3n) is 1.51. The first-order valence-electron chi connectivity index (χ1n) is 4.19. The number of nitrogens with zero attached hydrogens (tertiary/aromatic N) is 5. The molecule has 0 fully saturated rings. The van der Waals surface area contributed by atoms with Crippen molar-refractivity contribution in [2.24, 2.45) is 4.99 Å². The summed E-state index contributed by atoms with van der Waals surface area (Å²) in [6, 6.07) is 1.92. The van der Waals surface area contributed by atoms with Crippen molar-refractivity contribution in [2.45, 2.75) is 6.92 Å². The molecule has 0 spiro atoms. The van der Waals surface area contributed by atoms with Gasteiger partial charge in [0.2, 0.25) is 0 Å². The van der Waals surface area contributed by atoms with Gasteiger partial charge in [0.05, 0.1) is 12.0 Å². The van der Waals surface area contributed by atoms with E-state index in [1.807, 2.05) is 20.2 Å². The minimum Gasteiger partial charge on any atom is -0.369 e. The van der Waals surface area contributed by atoms with E-state index < -0.39 is 0 Å².